The number of piperidine rings is 1. The molecular formula is C21H25N5O3. The summed E-state index contributed by atoms with van der Waals surface area (Å²) in [6, 6.07) is 3.85. The number of fused-ring (bicyclic) bond motifs is 1. The number of ether oxygens (including phenoxy) is 3. The van der Waals surface area contributed by atoms with Crippen molar-refractivity contribution < 1.29 is 14.2 Å². The summed E-state index contributed by atoms with van der Waals surface area (Å²) < 4.78 is 16.7. The van der Waals surface area contributed by atoms with Crippen LogP contribution < -0.4 is 19.1 Å². The maximum Gasteiger partial charge on any atom is 0.235 e. The van der Waals surface area contributed by atoms with Crippen LogP contribution in [0.25, 0.3) is 10.9 Å². The summed E-state index contributed by atoms with van der Waals surface area (Å²) in [5.41, 5.74) is 1.66. The number of aromatic nitrogens is 4. The van der Waals surface area contributed by atoms with E-state index in [2.05, 4.69) is 24.8 Å². The van der Waals surface area contributed by atoms with Gasteiger partial charge in [0.1, 0.15) is 12.1 Å². The Hall–Kier alpha value is -3.16. The Morgan fingerprint density at radius 2 is 1.69 bits per heavy atom. The van der Waals surface area contributed by atoms with Gasteiger partial charge in [0.05, 0.1) is 32.0 Å². The number of benzene rings is 1. The molecule has 0 spiro atoms. The number of methoxy groups -OCH3 is 2. The molecule has 1 aliphatic heterocycles. The van der Waals surface area contributed by atoms with Crippen LogP contribution in [0, 0.1) is 12.8 Å². The topological polar surface area (TPSA) is 82.5 Å². The van der Waals surface area contributed by atoms with Crippen molar-refractivity contribution >= 4 is 16.7 Å². The third-order valence-corrected chi connectivity index (χ3v) is 5.33. The number of hydrogen-bond acceptors (Lipinski definition) is 8. The first-order valence-corrected chi connectivity index (χ1v) is 9.71. The van der Waals surface area contributed by atoms with E-state index in [1.54, 1.807) is 32.9 Å². The molecule has 3 heterocycles. The van der Waals surface area contributed by atoms with Crippen LogP contribution in [0.1, 0.15) is 18.5 Å². The minimum atomic E-state index is 0.482. The molecule has 0 bridgehead atoms. The van der Waals surface area contributed by atoms with E-state index in [0.717, 1.165) is 48.3 Å². The Kier molecular flexibility index (Phi) is 5.59. The van der Waals surface area contributed by atoms with Crippen molar-refractivity contribution in [3.63, 3.8) is 0 Å². The van der Waals surface area contributed by atoms with Crippen molar-refractivity contribution in [2.45, 2.75) is 19.8 Å². The summed E-state index contributed by atoms with van der Waals surface area (Å²) in [6.45, 7) is 4.39. The Bertz CT molecular complexity index is 989. The van der Waals surface area contributed by atoms with Crippen molar-refractivity contribution in [2.75, 3.05) is 38.8 Å². The highest BCUT2D eigenvalue weighted by atomic mass is 16.5. The van der Waals surface area contributed by atoms with Crippen molar-refractivity contribution in [2.24, 2.45) is 5.92 Å². The fourth-order valence-corrected chi connectivity index (χ4v) is 3.67. The number of anilines is 1. The highest BCUT2D eigenvalue weighted by Gasteiger charge is 2.23. The molecule has 3 aromatic rings. The van der Waals surface area contributed by atoms with Crippen LogP contribution in [0.2, 0.25) is 0 Å². The van der Waals surface area contributed by atoms with Crippen LogP contribution in [0.5, 0.6) is 17.4 Å². The molecule has 4 rings (SSSR count). The zero-order valence-electron chi connectivity index (χ0n) is 17.0. The molecule has 152 valence electrons. The molecule has 0 N–H and O–H groups in total. The van der Waals surface area contributed by atoms with E-state index in [-0.39, 0.29) is 0 Å². The standard InChI is InChI=1S/C21H25N5O3/c1-14-21(23-7-6-22-14)29-12-15-4-8-26(9-5-15)20-16-10-18(27-2)19(28-3)11-17(16)24-13-25-20/h6-7,10-11,13,15H,4-5,8-9,12H2,1-3H3. The van der Waals surface area contributed by atoms with E-state index < -0.39 is 0 Å². The highest BCUT2D eigenvalue weighted by Crippen LogP contribution is 2.35. The maximum absolute atomic E-state index is 5.90. The average molecular weight is 395 g/mol. The first kappa shape index (κ1) is 19.2. The first-order chi connectivity index (χ1) is 14.2. The normalized spacial score (nSPS) is 14.8. The largest absolute Gasteiger partial charge is 0.493 e. The Morgan fingerprint density at radius 3 is 2.41 bits per heavy atom. The Morgan fingerprint density at radius 1 is 0.966 bits per heavy atom. The molecule has 8 nitrogen and oxygen atoms in total. The second kappa shape index (κ2) is 8.46. The van der Waals surface area contributed by atoms with Gasteiger partial charge in [0.2, 0.25) is 5.88 Å². The van der Waals surface area contributed by atoms with Gasteiger partial charge in [-0.1, -0.05) is 0 Å². The van der Waals surface area contributed by atoms with Crippen molar-refractivity contribution in [3.8, 4) is 17.4 Å². The lowest BCUT2D eigenvalue weighted by atomic mass is 9.97. The van der Waals surface area contributed by atoms with Crippen LogP contribution in [0.15, 0.2) is 30.9 Å². The second-order valence-corrected chi connectivity index (χ2v) is 7.11. The van der Waals surface area contributed by atoms with Crippen LogP contribution in [-0.4, -0.2) is 53.9 Å². The SMILES string of the molecule is COc1cc2ncnc(N3CCC(COc4nccnc4C)CC3)c2cc1OC. The van der Waals surface area contributed by atoms with Crippen molar-refractivity contribution in [3.05, 3.63) is 36.5 Å². The summed E-state index contributed by atoms with van der Waals surface area (Å²) in [4.78, 5) is 19.7. The predicted molar refractivity (Wildman–Crippen MR) is 110 cm³/mol. The second-order valence-electron chi connectivity index (χ2n) is 7.11. The van der Waals surface area contributed by atoms with E-state index >= 15 is 0 Å². The molecule has 1 aromatic carbocycles. The first-order valence-electron chi connectivity index (χ1n) is 9.71. The van der Waals surface area contributed by atoms with Gasteiger partial charge >= 0.3 is 0 Å². The van der Waals surface area contributed by atoms with Gasteiger partial charge in [-0.25, -0.2) is 15.0 Å². The highest BCUT2D eigenvalue weighted by molar-refractivity contribution is 5.92. The van der Waals surface area contributed by atoms with Crippen molar-refractivity contribution in [1.82, 2.24) is 19.9 Å². The Labute approximate surface area is 169 Å². The lowest BCUT2D eigenvalue weighted by molar-refractivity contribution is 0.214. The molecule has 1 saturated heterocycles. The maximum atomic E-state index is 5.90. The molecule has 0 radical (unpaired) electrons. The average Bonchev–Trinajstić information content (AvgIpc) is 2.77. The number of rotatable bonds is 6. The van der Waals surface area contributed by atoms with Gasteiger partial charge in [-0.3, -0.25) is 4.98 Å². The number of nitrogens with zero attached hydrogens (tertiary/aromatic N) is 5. The molecule has 0 amide bonds. The molecule has 2 aromatic heterocycles. The number of hydrogen-bond donors (Lipinski definition) is 0. The van der Waals surface area contributed by atoms with E-state index in [1.165, 1.54) is 0 Å². The van der Waals surface area contributed by atoms with E-state index in [1.807, 2.05) is 19.1 Å². The zero-order chi connectivity index (χ0) is 20.2. The summed E-state index contributed by atoms with van der Waals surface area (Å²) >= 11 is 0. The van der Waals surface area contributed by atoms with Gasteiger partial charge < -0.3 is 19.1 Å². The van der Waals surface area contributed by atoms with Gasteiger partial charge in [0.15, 0.2) is 11.5 Å². The van der Waals surface area contributed by atoms with Crippen LogP contribution in [0.4, 0.5) is 5.82 Å². The fraction of sp³-hybridized carbons (Fsp3) is 0.429. The summed E-state index contributed by atoms with van der Waals surface area (Å²) in [5, 5.41) is 0.968. The molecule has 1 aliphatic rings. The smallest absolute Gasteiger partial charge is 0.235 e. The molecule has 1 fully saturated rings. The molecular weight excluding hydrogens is 370 g/mol. The lowest BCUT2D eigenvalue weighted by Crippen LogP contribution is -2.36. The summed E-state index contributed by atoms with van der Waals surface area (Å²) in [6.07, 6.45) is 7.00. The third kappa shape index (κ3) is 4.01. The fourth-order valence-electron chi connectivity index (χ4n) is 3.67. The summed E-state index contributed by atoms with van der Waals surface area (Å²) in [5.74, 6) is 3.38. The molecule has 0 atom stereocenters. The van der Waals surface area contributed by atoms with E-state index in [9.17, 15) is 0 Å². The molecule has 0 saturated carbocycles. The van der Waals surface area contributed by atoms with Crippen LogP contribution in [0.3, 0.4) is 0 Å². The van der Waals surface area contributed by atoms with Gasteiger partial charge in [-0.15, -0.1) is 0 Å². The molecule has 0 aliphatic carbocycles. The van der Waals surface area contributed by atoms with E-state index in [4.69, 9.17) is 14.2 Å². The van der Waals surface area contributed by atoms with Crippen LogP contribution >= 0.6 is 0 Å². The monoisotopic (exact) mass is 395 g/mol. The minimum Gasteiger partial charge on any atom is -0.493 e. The minimum absolute atomic E-state index is 0.482. The van der Waals surface area contributed by atoms with E-state index in [0.29, 0.717) is 29.9 Å². The van der Waals surface area contributed by atoms with Crippen LogP contribution in [-0.2, 0) is 0 Å². The zero-order valence-corrected chi connectivity index (χ0v) is 17.0. The van der Waals surface area contributed by atoms with Gasteiger partial charge in [-0.05, 0) is 31.7 Å². The number of aryl methyl sites for hydroxylation is 1. The summed E-state index contributed by atoms with van der Waals surface area (Å²) in [7, 11) is 3.26. The lowest BCUT2D eigenvalue weighted by Gasteiger charge is -2.33. The van der Waals surface area contributed by atoms with Gasteiger partial charge in [0.25, 0.3) is 0 Å². The molecule has 8 heteroatoms. The Balaban J connectivity index is 1.45. The third-order valence-electron chi connectivity index (χ3n) is 5.33. The van der Waals surface area contributed by atoms with Gasteiger partial charge in [0, 0.05) is 36.9 Å². The molecule has 0 unspecified atom stereocenters. The van der Waals surface area contributed by atoms with Crippen molar-refractivity contribution in [1.29, 1.82) is 0 Å². The van der Waals surface area contributed by atoms with Gasteiger partial charge in [-0.2, -0.15) is 0 Å². The molecule has 29 heavy (non-hydrogen) atoms. The quantitative estimate of drug-likeness (QED) is 0.630. The predicted octanol–water partition coefficient (Wildman–Crippen LogP) is 3.04.